The van der Waals surface area contributed by atoms with Crippen molar-refractivity contribution in [3.8, 4) is 0 Å². The Morgan fingerprint density at radius 1 is 1.47 bits per heavy atom. The van der Waals surface area contributed by atoms with Crippen LogP contribution in [0.4, 0.5) is 0 Å². The highest BCUT2D eigenvalue weighted by Gasteiger charge is 2.13. The van der Waals surface area contributed by atoms with Crippen LogP contribution >= 0.6 is 12.2 Å². The van der Waals surface area contributed by atoms with Crippen LogP contribution in [0.3, 0.4) is 0 Å². The highest BCUT2D eigenvalue weighted by Crippen LogP contribution is 2.27. The first-order valence-electron chi connectivity index (χ1n) is 6.31. The van der Waals surface area contributed by atoms with Gasteiger partial charge in [-0.15, -0.1) is 6.58 Å². The van der Waals surface area contributed by atoms with Crippen LogP contribution in [0.2, 0.25) is 0 Å². The molecule has 4 heteroatoms. The van der Waals surface area contributed by atoms with Crippen LogP contribution < -0.4 is 0 Å². The minimum atomic E-state index is 0.282. The summed E-state index contributed by atoms with van der Waals surface area (Å²) >= 11 is 5.45. The second kappa shape index (κ2) is 4.63. The SMILES string of the molecule is C=CCC(C)n1c(=S)[nH]c2cnc3ccccc3c21. The predicted molar refractivity (Wildman–Crippen MR) is 81.9 cm³/mol. The minimum Gasteiger partial charge on any atom is -0.329 e. The Labute approximate surface area is 116 Å². The zero-order valence-corrected chi connectivity index (χ0v) is 11.6. The molecule has 3 rings (SSSR count). The van der Waals surface area contributed by atoms with Gasteiger partial charge in [-0.3, -0.25) is 4.98 Å². The smallest absolute Gasteiger partial charge is 0.178 e. The first kappa shape index (κ1) is 12.1. The molecular formula is C15H15N3S. The number of aromatic amines is 1. The Bertz CT molecular complexity index is 813. The summed E-state index contributed by atoms with van der Waals surface area (Å²) in [5, 5.41) is 1.13. The molecular weight excluding hydrogens is 254 g/mol. The zero-order chi connectivity index (χ0) is 13.4. The van der Waals surface area contributed by atoms with Crippen molar-refractivity contribution < 1.29 is 0 Å². The molecule has 0 aliphatic heterocycles. The van der Waals surface area contributed by atoms with Crippen molar-refractivity contribution >= 4 is 34.2 Å². The molecule has 0 saturated heterocycles. The van der Waals surface area contributed by atoms with Crippen molar-refractivity contribution in [2.45, 2.75) is 19.4 Å². The molecule has 3 aromatic rings. The summed E-state index contributed by atoms with van der Waals surface area (Å²) in [6, 6.07) is 8.42. The maximum atomic E-state index is 5.45. The van der Waals surface area contributed by atoms with E-state index in [4.69, 9.17) is 12.2 Å². The van der Waals surface area contributed by atoms with Gasteiger partial charge in [-0.2, -0.15) is 0 Å². The van der Waals surface area contributed by atoms with E-state index in [1.807, 2.05) is 30.5 Å². The van der Waals surface area contributed by atoms with E-state index in [0.29, 0.717) is 0 Å². The standard InChI is InChI=1S/C15H15N3S/c1-3-6-10(2)18-14-11-7-4-5-8-12(11)16-9-13(14)17-15(18)19/h3-5,7-10H,1,6H2,2H3,(H,17,19). The Hall–Kier alpha value is -1.94. The maximum absolute atomic E-state index is 5.45. The van der Waals surface area contributed by atoms with Gasteiger partial charge in [0.25, 0.3) is 0 Å². The molecule has 2 aromatic heterocycles. The van der Waals surface area contributed by atoms with Crippen LogP contribution in [-0.4, -0.2) is 14.5 Å². The van der Waals surface area contributed by atoms with Crippen LogP contribution in [0.15, 0.2) is 43.1 Å². The van der Waals surface area contributed by atoms with Gasteiger partial charge in [-0.25, -0.2) is 0 Å². The Kier molecular flexibility index (Phi) is 2.95. The number of rotatable bonds is 3. The summed E-state index contributed by atoms with van der Waals surface area (Å²) in [7, 11) is 0. The fourth-order valence-electron chi connectivity index (χ4n) is 2.52. The molecule has 19 heavy (non-hydrogen) atoms. The van der Waals surface area contributed by atoms with Crippen LogP contribution in [0.25, 0.3) is 21.9 Å². The number of aromatic nitrogens is 3. The van der Waals surface area contributed by atoms with E-state index in [1.54, 1.807) is 0 Å². The lowest BCUT2D eigenvalue weighted by atomic mass is 10.1. The molecule has 0 aliphatic rings. The van der Waals surface area contributed by atoms with Gasteiger partial charge in [0, 0.05) is 11.4 Å². The molecule has 0 fully saturated rings. The summed E-state index contributed by atoms with van der Waals surface area (Å²) in [4.78, 5) is 7.70. The number of nitrogens with one attached hydrogen (secondary N) is 1. The first-order valence-corrected chi connectivity index (χ1v) is 6.72. The van der Waals surface area contributed by atoms with E-state index in [0.717, 1.165) is 33.1 Å². The number of hydrogen-bond donors (Lipinski definition) is 1. The number of hydrogen-bond acceptors (Lipinski definition) is 2. The van der Waals surface area contributed by atoms with Gasteiger partial charge in [0.1, 0.15) is 0 Å². The Morgan fingerprint density at radius 3 is 3.05 bits per heavy atom. The average Bonchev–Trinajstić information content (AvgIpc) is 2.75. The first-order chi connectivity index (χ1) is 9.22. The number of allylic oxidation sites excluding steroid dienone is 1. The summed E-state index contributed by atoms with van der Waals surface area (Å²) in [5.41, 5.74) is 3.10. The van der Waals surface area contributed by atoms with Gasteiger partial charge in [-0.1, -0.05) is 24.3 Å². The van der Waals surface area contributed by atoms with E-state index < -0.39 is 0 Å². The van der Waals surface area contributed by atoms with Crippen molar-refractivity contribution in [2.75, 3.05) is 0 Å². The summed E-state index contributed by atoms with van der Waals surface area (Å²) in [6.07, 6.45) is 4.66. The Morgan fingerprint density at radius 2 is 2.26 bits per heavy atom. The number of pyridine rings is 1. The molecule has 0 aliphatic carbocycles. The van der Waals surface area contributed by atoms with Crippen LogP contribution in [0, 0.1) is 4.77 Å². The third-order valence-corrected chi connectivity index (χ3v) is 3.70. The van der Waals surface area contributed by atoms with Crippen molar-refractivity contribution in [1.82, 2.24) is 14.5 Å². The van der Waals surface area contributed by atoms with Crippen molar-refractivity contribution in [2.24, 2.45) is 0 Å². The van der Waals surface area contributed by atoms with E-state index >= 15 is 0 Å². The second-order valence-electron chi connectivity index (χ2n) is 4.71. The summed E-state index contributed by atoms with van der Waals surface area (Å²) < 4.78 is 2.90. The van der Waals surface area contributed by atoms with Gasteiger partial charge >= 0.3 is 0 Å². The highest BCUT2D eigenvalue weighted by atomic mass is 32.1. The van der Waals surface area contributed by atoms with Gasteiger partial charge in [0.15, 0.2) is 4.77 Å². The third-order valence-electron chi connectivity index (χ3n) is 3.40. The van der Waals surface area contributed by atoms with Crippen molar-refractivity contribution in [1.29, 1.82) is 0 Å². The lowest BCUT2D eigenvalue weighted by Crippen LogP contribution is -2.04. The van der Waals surface area contributed by atoms with E-state index in [-0.39, 0.29) is 6.04 Å². The molecule has 0 radical (unpaired) electrons. The fourth-order valence-corrected chi connectivity index (χ4v) is 2.90. The molecule has 1 aromatic carbocycles. The monoisotopic (exact) mass is 269 g/mol. The Balaban J connectivity index is 2.43. The lowest BCUT2D eigenvalue weighted by molar-refractivity contribution is 0.564. The van der Waals surface area contributed by atoms with Crippen molar-refractivity contribution in [3.05, 3.63) is 47.9 Å². The molecule has 0 bridgehead atoms. The molecule has 0 saturated carbocycles. The normalized spacial score (nSPS) is 12.9. The van der Waals surface area contributed by atoms with E-state index in [1.165, 1.54) is 0 Å². The molecule has 2 heterocycles. The molecule has 0 amide bonds. The summed E-state index contributed by atoms with van der Waals surface area (Å²) in [5.74, 6) is 0. The number of imidazole rings is 1. The van der Waals surface area contributed by atoms with Gasteiger partial charge in [0.05, 0.1) is 22.7 Å². The summed E-state index contributed by atoms with van der Waals surface area (Å²) in [6.45, 7) is 5.97. The maximum Gasteiger partial charge on any atom is 0.178 e. The van der Waals surface area contributed by atoms with Gasteiger partial charge in [-0.05, 0) is 31.6 Å². The lowest BCUT2D eigenvalue weighted by Gasteiger charge is -2.13. The molecule has 96 valence electrons. The number of para-hydroxylation sites is 1. The van der Waals surface area contributed by atoms with E-state index in [9.17, 15) is 0 Å². The number of H-pyrrole nitrogens is 1. The number of benzene rings is 1. The van der Waals surface area contributed by atoms with E-state index in [2.05, 4.69) is 34.1 Å². The second-order valence-corrected chi connectivity index (χ2v) is 5.10. The molecule has 3 nitrogen and oxygen atoms in total. The topological polar surface area (TPSA) is 33.6 Å². The average molecular weight is 269 g/mol. The highest BCUT2D eigenvalue weighted by molar-refractivity contribution is 7.71. The zero-order valence-electron chi connectivity index (χ0n) is 10.8. The van der Waals surface area contributed by atoms with Crippen LogP contribution in [0.1, 0.15) is 19.4 Å². The quantitative estimate of drug-likeness (QED) is 0.565. The van der Waals surface area contributed by atoms with Crippen molar-refractivity contribution in [3.63, 3.8) is 0 Å². The largest absolute Gasteiger partial charge is 0.329 e. The molecule has 1 unspecified atom stereocenters. The number of fused-ring (bicyclic) bond motifs is 3. The fraction of sp³-hybridized carbons (Fsp3) is 0.200. The molecule has 1 N–H and O–H groups in total. The van der Waals surface area contributed by atoms with Gasteiger partial charge in [0.2, 0.25) is 0 Å². The third kappa shape index (κ3) is 1.88. The van der Waals surface area contributed by atoms with Gasteiger partial charge < -0.3 is 9.55 Å². The van der Waals surface area contributed by atoms with Crippen LogP contribution in [0.5, 0.6) is 0 Å². The predicted octanol–water partition coefficient (Wildman–Crippen LogP) is 4.38. The molecule has 1 atom stereocenters. The number of nitrogens with zero attached hydrogens (tertiary/aromatic N) is 2. The molecule has 0 spiro atoms. The van der Waals surface area contributed by atoms with Crippen LogP contribution in [-0.2, 0) is 0 Å². The minimum absolute atomic E-state index is 0.282.